The van der Waals surface area contributed by atoms with Crippen LogP contribution >= 0.6 is 0 Å². The van der Waals surface area contributed by atoms with Gasteiger partial charge >= 0.3 is 5.97 Å². The summed E-state index contributed by atoms with van der Waals surface area (Å²) in [7, 11) is 0. The van der Waals surface area contributed by atoms with Crippen LogP contribution in [0.5, 0.6) is 0 Å². The van der Waals surface area contributed by atoms with E-state index in [-0.39, 0.29) is 18.1 Å². The van der Waals surface area contributed by atoms with Gasteiger partial charge in [-0.2, -0.15) is 0 Å². The number of nitrogens with zero attached hydrogens (tertiary/aromatic N) is 2. The van der Waals surface area contributed by atoms with E-state index in [0.29, 0.717) is 24.5 Å². The van der Waals surface area contributed by atoms with E-state index in [1.54, 1.807) is 11.8 Å². The van der Waals surface area contributed by atoms with E-state index < -0.39 is 5.97 Å². The van der Waals surface area contributed by atoms with Crippen molar-refractivity contribution in [3.8, 4) is 11.3 Å². The molecule has 6 heteroatoms. The fourth-order valence-corrected chi connectivity index (χ4v) is 3.51. The van der Waals surface area contributed by atoms with Gasteiger partial charge in [-0.3, -0.25) is 4.79 Å². The highest BCUT2D eigenvalue weighted by Crippen LogP contribution is 2.26. The minimum Gasteiger partial charge on any atom is -0.452 e. The third-order valence-electron chi connectivity index (χ3n) is 5.15. The zero-order valence-corrected chi connectivity index (χ0v) is 16.7. The molecule has 2 aromatic carbocycles. The molecule has 0 atom stereocenters. The maximum absolute atomic E-state index is 12.6. The second-order valence-electron chi connectivity index (χ2n) is 7.09. The largest absolute Gasteiger partial charge is 0.452 e. The molecular weight excluding hydrogens is 380 g/mol. The summed E-state index contributed by atoms with van der Waals surface area (Å²) < 4.78 is 10.5. The van der Waals surface area contributed by atoms with Crippen LogP contribution in [0.4, 0.5) is 0 Å². The number of benzene rings is 2. The molecule has 4 rings (SSSR count). The smallest absolute Gasteiger partial charge is 0.344 e. The van der Waals surface area contributed by atoms with E-state index in [2.05, 4.69) is 23.4 Å². The zero-order chi connectivity index (χ0) is 20.9. The van der Waals surface area contributed by atoms with Crippen LogP contribution in [0.15, 0.2) is 71.3 Å². The Morgan fingerprint density at radius 3 is 2.33 bits per heavy atom. The van der Waals surface area contributed by atoms with E-state index >= 15 is 0 Å². The van der Waals surface area contributed by atoms with Crippen molar-refractivity contribution >= 4 is 17.4 Å². The molecule has 0 saturated carbocycles. The average molecular weight is 402 g/mol. The molecule has 6 nitrogen and oxygen atoms in total. The van der Waals surface area contributed by atoms with Gasteiger partial charge in [-0.15, -0.1) is 0 Å². The van der Waals surface area contributed by atoms with Crippen LogP contribution in [0, 0.1) is 6.92 Å². The number of aryl methyl sites for hydroxylation is 1. The Labute approximate surface area is 174 Å². The molecule has 0 aliphatic carbocycles. The quantitative estimate of drug-likeness (QED) is 0.600. The lowest BCUT2D eigenvalue weighted by Gasteiger charge is -2.26. The number of aromatic nitrogens is 1. The normalized spacial score (nSPS) is 13.6. The Morgan fingerprint density at radius 1 is 1.03 bits per heavy atom. The number of carbonyl (C=O) groups excluding carboxylic acids is 2. The first-order valence-electron chi connectivity index (χ1n) is 9.84. The SMILES string of the molecule is Cc1onc(-c2ccccc2)c1C(=O)OCC(=O)N1CC=C(c2ccccc2)CC1. The van der Waals surface area contributed by atoms with Gasteiger partial charge in [0.2, 0.25) is 0 Å². The van der Waals surface area contributed by atoms with Crippen molar-refractivity contribution in [2.45, 2.75) is 13.3 Å². The highest BCUT2D eigenvalue weighted by Gasteiger charge is 2.25. The molecule has 30 heavy (non-hydrogen) atoms. The fraction of sp³-hybridized carbons (Fsp3) is 0.208. The number of ether oxygens (including phenoxy) is 1. The molecule has 0 radical (unpaired) electrons. The monoisotopic (exact) mass is 402 g/mol. The van der Waals surface area contributed by atoms with E-state index in [9.17, 15) is 9.59 Å². The number of hydrogen-bond donors (Lipinski definition) is 0. The highest BCUT2D eigenvalue weighted by atomic mass is 16.5. The Kier molecular flexibility index (Phi) is 5.75. The maximum atomic E-state index is 12.6. The molecule has 1 aliphatic heterocycles. The van der Waals surface area contributed by atoms with Crippen molar-refractivity contribution in [2.24, 2.45) is 0 Å². The molecule has 1 aromatic heterocycles. The van der Waals surface area contributed by atoms with E-state index in [4.69, 9.17) is 9.26 Å². The number of carbonyl (C=O) groups is 2. The van der Waals surface area contributed by atoms with Crippen molar-refractivity contribution in [3.63, 3.8) is 0 Å². The maximum Gasteiger partial charge on any atom is 0.344 e. The number of hydrogen-bond acceptors (Lipinski definition) is 5. The van der Waals surface area contributed by atoms with Gasteiger partial charge in [0.15, 0.2) is 6.61 Å². The van der Waals surface area contributed by atoms with Crippen LogP contribution < -0.4 is 0 Å². The summed E-state index contributed by atoms with van der Waals surface area (Å²) in [6, 6.07) is 19.4. The van der Waals surface area contributed by atoms with E-state index in [1.807, 2.05) is 48.5 Å². The van der Waals surface area contributed by atoms with Crippen LogP contribution in [0.25, 0.3) is 16.8 Å². The molecule has 0 bridgehead atoms. The Morgan fingerprint density at radius 2 is 1.70 bits per heavy atom. The number of rotatable bonds is 5. The standard InChI is InChI=1S/C24H22N2O4/c1-17-22(23(25-30-17)20-10-6-3-7-11-20)24(28)29-16-21(27)26-14-12-19(13-15-26)18-8-4-2-5-9-18/h2-12H,13-16H2,1H3. The Bertz CT molecular complexity index is 1070. The lowest BCUT2D eigenvalue weighted by molar-refractivity contribution is -0.134. The summed E-state index contributed by atoms with van der Waals surface area (Å²) in [6.07, 6.45) is 2.82. The van der Waals surface area contributed by atoms with Crippen molar-refractivity contribution in [1.82, 2.24) is 10.1 Å². The third kappa shape index (κ3) is 4.17. The molecular formula is C24H22N2O4. The van der Waals surface area contributed by atoms with Gasteiger partial charge in [-0.25, -0.2) is 4.79 Å². The van der Waals surface area contributed by atoms with Gasteiger partial charge in [-0.05, 0) is 24.5 Å². The lowest BCUT2D eigenvalue weighted by Crippen LogP contribution is -2.37. The summed E-state index contributed by atoms with van der Waals surface area (Å²) in [5, 5.41) is 3.98. The second kappa shape index (κ2) is 8.78. The molecule has 0 fully saturated rings. The van der Waals surface area contributed by atoms with Crippen LogP contribution in [-0.4, -0.2) is 41.6 Å². The van der Waals surface area contributed by atoms with Crippen molar-refractivity contribution < 1.29 is 18.8 Å². The van der Waals surface area contributed by atoms with Crippen LogP contribution in [0.3, 0.4) is 0 Å². The Hall–Kier alpha value is -3.67. The number of amides is 1. The predicted octanol–water partition coefficient (Wildman–Crippen LogP) is 4.12. The Balaban J connectivity index is 1.38. The van der Waals surface area contributed by atoms with Gasteiger partial charge in [0, 0.05) is 18.7 Å². The minimum atomic E-state index is -0.613. The van der Waals surface area contributed by atoms with Gasteiger partial charge in [-0.1, -0.05) is 71.9 Å². The van der Waals surface area contributed by atoms with Crippen molar-refractivity contribution in [2.75, 3.05) is 19.7 Å². The second-order valence-corrected chi connectivity index (χ2v) is 7.09. The molecule has 1 aliphatic rings. The minimum absolute atomic E-state index is 0.220. The topological polar surface area (TPSA) is 72.6 Å². The molecule has 0 saturated heterocycles. The molecule has 1 amide bonds. The predicted molar refractivity (Wildman–Crippen MR) is 113 cm³/mol. The highest BCUT2D eigenvalue weighted by molar-refractivity contribution is 5.98. The molecule has 152 valence electrons. The van der Waals surface area contributed by atoms with Gasteiger partial charge in [0.1, 0.15) is 17.0 Å². The van der Waals surface area contributed by atoms with Gasteiger partial charge in [0.05, 0.1) is 0 Å². The molecule has 0 unspecified atom stereocenters. The van der Waals surface area contributed by atoms with Gasteiger partial charge in [0.25, 0.3) is 5.91 Å². The molecule has 0 N–H and O–H groups in total. The van der Waals surface area contributed by atoms with E-state index in [0.717, 1.165) is 12.0 Å². The van der Waals surface area contributed by atoms with Crippen molar-refractivity contribution in [1.29, 1.82) is 0 Å². The summed E-state index contributed by atoms with van der Waals surface area (Å²) >= 11 is 0. The first kappa shape index (κ1) is 19.6. The summed E-state index contributed by atoms with van der Waals surface area (Å²) in [4.78, 5) is 26.9. The van der Waals surface area contributed by atoms with E-state index in [1.165, 1.54) is 11.1 Å². The average Bonchev–Trinajstić information content (AvgIpc) is 3.20. The lowest BCUT2D eigenvalue weighted by atomic mass is 10.00. The fourth-order valence-electron chi connectivity index (χ4n) is 3.51. The summed E-state index contributed by atoms with van der Waals surface area (Å²) in [5.41, 5.74) is 3.82. The summed E-state index contributed by atoms with van der Waals surface area (Å²) in [6.45, 7) is 2.44. The number of esters is 1. The van der Waals surface area contributed by atoms with Crippen LogP contribution in [0.2, 0.25) is 0 Å². The first-order valence-corrected chi connectivity index (χ1v) is 9.84. The van der Waals surface area contributed by atoms with Gasteiger partial charge < -0.3 is 14.2 Å². The van der Waals surface area contributed by atoms with Crippen LogP contribution in [-0.2, 0) is 9.53 Å². The molecule has 0 spiro atoms. The molecule has 2 heterocycles. The first-order chi connectivity index (χ1) is 14.6. The summed E-state index contributed by atoms with van der Waals surface area (Å²) in [5.74, 6) is -0.472. The third-order valence-corrected chi connectivity index (χ3v) is 5.15. The van der Waals surface area contributed by atoms with Crippen molar-refractivity contribution in [3.05, 3.63) is 83.6 Å². The molecule has 3 aromatic rings. The van der Waals surface area contributed by atoms with Crippen LogP contribution in [0.1, 0.15) is 28.1 Å². The zero-order valence-electron chi connectivity index (χ0n) is 16.7.